The van der Waals surface area contributed by atoms with Crippen LogP contribution in [0.25, 0.3) is 0 Å². The number of fused-ring (bicyclic) bond motifs is 1. The van der Waals surface area contributed by atoms with E-state index in [0.717, 1.165) is 29.9 Å². The average molecular weight is 353 g/mol. The molecule has 1 aliphatic carbocycles. The first-order valence-electron chi connectivity index (χ1n) is 8.92. The molecule has 1 atom stereocenters. The molecule has 1 aliphatic heterocycles. The number of aromatic nitrogens is 1. The van der Waals surface area contributed by atoms with Gasteiger partial charge in [0.1, 0.15) is 5.82 Å². The summed E-state index contributed by atoms with van der Waals surface area (Å²) in [5.41, 5.74) is 5.98. The highest BCUT2D eigenvalue weighted by Gasteiger charge is 2.50. The van der Waals surface area contributed by atoms with Crippen LogP contribution in [0, 0.1) is 12.3 Å². The van der Waals surface area contributed by atoms with E-state index in [4.69, 9.17) is 0 Å². The first-order valence-corrected chi connectivity index (χ1v) is 9.80. The molecule has 1 aromatic heterocycles. The van der Waals surface area contributed by atoms with Gasteiger partial charge in [0.05, 0.1) is 15.8 Å². The molecule has 1 N–H and O–H groups in total. The number of nitrogens with one attached hydrogen (secondary N) is 1. The molecular weight excluding hydrogens is 328 g/mol. The highest BCUT2D eigenvalue weighted by atomic mass is 32.1. The van der Waals surface area contributed by atoms with E-state index in [1.807, 2.05) is 5.51 Å². The molecule has 130 valence electrons. The number of carbonyl (C=O) groups is 1. The molecule has 4 rings (SSSR count). The Kier molecular flexibility index (Phi) is 3.66. The van der Waals surface area contributed by atoms with Crippen molar-refractivity contribution in [2.24, 2.45) is 5.41 Å². The number of hydrogen-bond acceptors (Lipinski definition) is 4. The molecule has 2 aromatic rings. The number of Topliss-reactive ketones (excluding diaryl/α,β-unsaturated/α-hetero) is 1. The van der Waals surface area contributed by atoms with E-state index in [9.17, 15) is 4.79 Å². The maximum atomic E-state index is 13.3. The van der Waals surface area contributed by atoms with Crippen molar-refractivity contribution in [3.05, 3.63) is 57.1 Å². The maximum Gasteiger partial charge on any atom is 0.162 e. The molecule has 0 spiro atoms. The molecule has 0 bridgehead atoms. The summed E-state index contributed by atoms with van der Waals surface area (Å²) in [6.45, 7) is 8.63. The number of anilines is 1. The predicted molar refractivity (Wildman–Crippen MR) is 103 cm³/mol. The van der Waals surface area contributed by atoms with Crippen LogP contribution in [-0.4, -0.2) is 10.8 Å². The summed E-state index contributed by atoms with van der Waals surface area (Å²) in [5, 5.41) is 3.49. The van der Waals surface area contributed by atoms with Crippen LogP contribution in [0.1, 0.15) is 56.0 Å². The zero-order chi connectivity index (χ0) is 17.8. The van der Waals surface area contributed by atoms with Gasteiger partial charge in [0.2, 0.25) is 0 Å². The van der Waals surface area contributed by atoms with Gasteiger partial charge in [0, 0.05) is 17.7 Å². The fourth-order valence-corrected chi connectivity index (χ4v) is 5.52. The lowest BCUT2D eigenvalue weighted by Crippen LogP contribution is -2.42. The fourth-order valence-electron chi connectivity index (χ4n) is 4.47. The zero-order valence-corrected chi connectivity index (χ0v) is 16.1. The van der Waals surface area contributed by atoms with Crippen LogP contribution >= 0.6 is 11.3 Å². The lowest BCUT2D eigenvalue weighted by Gasteiger charge is -2.44. The van der Waals surface area contributed by atoms with Crippen molar-refractivity contribution in [1.29, 1.82) is 0 Å². The molecule has 0 saturated carbocycles. The molecule has 25 heavy (non-hydrogen) atoms. The first-order chi connectivity index (χ1) is 11.9. The number of carbonyl (C=O) groups excluding carboxylic acids is 1. The Morgan fingerprint density at radius 1 is 1.20 bits per heavy atom. The van der Waals surface area contributed by atoms with Crippen LogP contribution in [0.2, 0.25) is 0 Å². The zero-order valence-electron chi connectivity index (χ0n) is 15.3. The summed E-state index contributed by atoms with van der Waals surface area (Å²) in [4.78, 5) is 19.0. The van der Waals surface area contributed by atoms with Gasteiger partial charge >= 0.3 is 0 Å². The normalized spacial score (nSPS) is 24.6. The molecule has 3 nitrogen and oxygen atoms in total. The Hall–Kier alpha value is -1.94. The topological polar surface area (TPSA) is 42.0 Å². The molecule has 4 heteroatoms. The smallest absolute Gasteiger partial charge is 0.162 e. The number of nitrogens with zero attached hydrogens (tertiary/aromatic N) is 1. The first kappa shape index (κ1) is 16.5. The van der Waals surface area contributed by atoms with Crippen molar-refractivity contribution >= 4 is 22.9 Å². The highest BCUT2D eigenvalue weighted by molar-refractivity contribution is 7.10. The van der Waals surface area contributed by atoms with Gasteiger partial charge < -0.3 is 5.32 Å². The standard InChI is InChI=1S/C21H24N2OS/c1-5-21(14-8-6-13(2)7-9-14)17-15(10-20(3,4)11-16(17)24)23-19-18(21)25-12-22-19/h6-9,12,23H,5,10-11H2,1-4H3/t21-/m1/s1. The molecule has 2 aliphatic rings. The van der Waals surface area contributed by atoms with Crippen molar-refractivity contribution < 1.29 is 4.79 Å². The van der Waals surface area contributed by atoms with E-state index in [0.29, 0.717) is 6.42 Å². The third-order valence-electron chi connectivity index (χ3n) is 5.60. The van der Waals surface area contributed by atoms with E-state index < -0.39 is 0 Å². The second kappa shape index (κ2) is 5.53. The number of ketones is 1. The van der Waals surface area contributed by atoms with Crippen LogP contribution in [0.5, 0.6) is 0 Å². The second-order valence-electron chi connectivity index (χ2n) is 8.07. The number of aryl methyl sites for hydroxylation is 1. The van der Waals surface area contributed by atoms with Crippen molar-refractivity contribution in [3.8, 4) is 0 Å². The molecule has 0 saturated heterocycles. The second-order valence-corrected chi connectivity index (χ2v) is 8.93. The fraction of sp³-hybridized carbons (Fsp3) is 0.429. The van der Waals surface area contributed by atoms with Crippen LogP contribution in [0.3, 0.4) is 0 Å². The molecule has 0 fully saturated rings. The van der Waals surface area contributed by atoms with Crippen molar-refractivity contribution in [2.75, 3.05) is 5.32 Å². The van der Waals surface area contributed by atoms with Gasteiger partial charge in [-0.3, -0.25) is 4.79 Å². The van der Waals surface area contributed by atoms with E-state index in [1.54, 1.807) is 11.3 Å². The average Bonchev–Trinajstić information content (AvgIpc) is 3.01. The van der Waals surface area contributed by atoms with Gasteiger partial charge in [0.15, 0.2) is 5.78 Å². The largest absolute Gasteiger partial charge is 0.342 e. The molecule has 0 unspecified atom stereocenters. The quantitative estimate of drug-likeness (QED) is 0.806. The summed E-state index contributed by atoms with van der Waals surface area (Å²) in [6, 6.07) is 8.66. The third kappa shape index (κ3) is 2.38. The van der Waals surface area contributed by atoms with Gasteiger partial charge in [-0.1, -0.05) is 50.6 Å². The number of thiazole rings is 1. The highest BCUT2D eigenvalue weighted by Crippen LogP contribution is 2.55. The SMILES string of the molecule is CC[C@@]1(c2ccc(C)cc2)C2=C(CC(C)(C)CC2=O)Nc2ncsc21. The number of rotatable bonds is 2. The Labute approximate surface area is 153 Å². The van der Waals surface area contributed by atoms with E-state index in [-0.39, 0.29) is 16.6 Å². The monoisotopic (exact) mass is 352 g/mol. The van der Waals surface area contributed by atoms with Crippen LogP contribution in [0.15, 0.2) is 41.0 Å². The Bertz CT molecular complexity index is 876. The number of benzene rings is 1. The summed E-state index contributed by atoms with van der Waals surface area (Å²) in [5.74, 6) is 1.21. The van der Waals surface area contributed by atoms with Gasteiger partial charge in [0.25, 0.3) is 0 Å². The van der Waals surface area contributed by atoms with Crippen LogP contribution in [0.4, 0.5) is 5.82 Å². The Balaban J connectivity index is 2.01. The summed E-state index contributed by atoms with van der Waals surface area (Å²) in [7, 11) is 0. The van der Waals surface area contributed by atoms with Gasteiger partial charge in [-0.2, -0.15) is 0 Å². The van der Waals surface area contributed by atoms with Gasteiger partial charge in [-0.25, -0.2) is 4.98 Å². The van der Waals surface area contributed by atoms with Crippen molar-refractivity contribution in [3.63, 3.8) is 0 Å². The Morgan fingerprint density at radius 2 is 1.92 bits per heavy atom. The van der Waals surface area contributed by atoms with Crippen LogP contribution in [-0.2, 0) is 10.2 Å². The predicted octanol–water partition coefficient (Wildman–Crippen LogP) is 5.22. The Morgan fingerprint density at radius 3 is 2.60 bits per heavy atom. The summed E-state index contributed by atoms with van der Waals surface area (Å²) < 4.78 is 0. The van der Waals surface area contributed by atoms with E-state index >= 15 is 0 Å². The van der Waals surface area contributed by atoms with Crippen molar-refractivity contribution in [2.45, 2.75) is 52.4 Å². The maximum absolute atomic E-state index is 13.3. The van der Waals surface area contributed by atoms with Gasteiger partial charge in [-0.05, 0) is 30.7 Å². The minimum Gasteiger partial charge on any atom is -0.342 e. The third-order valence-corrected chi connectivity index (χ3v) is 6.59. The molecule has 2 heterocycles. The van der Waals surface area contributed by atoms with Crippen LogP contribution < -0.4 is 5.32 Å². The molecular formula is C21H24N2OS. The summed E-state index contributed by atoms with van der Waals surface area (Å²) in [6.07, 6.45) is 2.35. The number of hydrogen-bond donors (Lipinski definition) is 1. The van der Waals surface area contributed by atoms with E-state index in [2.05, 4.69) is 62.3 Å². The number of allylic oxidation sites excluding steroid dienone is 2. The minimum atomic E-state index is -0.377. The minimum absolute atomic E-state index is 0.0107. The molecule has 0 radical (unpaired) electrons. The lowest BCUT2D eigenvalue weighted by atomic mass is 9.62. The lowest BCUT2D eigenvalue weighted by molar-refractivity contribution is -0.118. The van der Waals surface area contributed by atoms with E-state index in [1.165, 1.54) is 16.0 Å². The summed E-state index contributed by atoms with van der Waals surface area (Å²) >= 11 is 1.65. The van der Waals surface area contributed by atoms with Crippen molar-refractivity contribution in [1.82, 2.24) is 4.98 Å². The molecule has 0 amide bonds. The van der Waals surface area contributed by atoms with Gasteiger partial charge in [-0.15, -0.1) is 11.3 Å². The molecule has 1 aromatic carbocycles.